The van der Waals surface area contributed by atoms with Crippen molar-refractivity contribution in [2.75, 3.05) is 39.6 Å². The maximum atomic E-state index is 5.26. The van der Waals surface area contributed by atoms with Crippen molar-refractivity contribution in [3.05, 3.63) is 72.3 Å². The Hall–Kier alpha value is -3.42. The molecule has 7 heteroatoms. The Labute approximate surface area is 182 Å². The summed E-state index contributed by atoms with van der Waals surface area (Å²) in [6.45, 7) is 2.85. The average Bonchev–Trinajstić information content (AvgIpc) is 3.20. The van der Waals surface area contributed by atoms with Gasteiger partial charge in [-0.2, -0.15) is 4.98 Å². The van der Waals surface area contributed by atoms with Gasteiger partial charge in [0.25, 0.3) is 0 Å². The van der Waals surface area contributed by atoms with Gasteiger partial charge in [-0.15, -0.1) is 5.10 Å². The predicted octanol–water partition coefficient (Wildman–Crippen LogP) is 3.80. The van der Waals surface area contributed by atoms with Crippen LogP contribution in [0.2, 0.25) is 0 Å². The zero-order valence-corrected chi connectivity index (χ0v) is 18.2. The summed E-state index contributed by atoms with van der Waals surface area (Å²) in [6.07, 6.45) is 0. The minimum absolute atomic E-state index is 0.567. The number of nitrogens with one attached hydrogen (secondary N) is 2. The second-order valence-electron chi connectivity index (χ2n) is 7.65. The van der Waals surface area contributed by atoms with E-state index in [9.17, 15) is 0 Å². The highest BCUT2D eigenvalue weighted by atomic mass is 16.5. The molecule has 7 nitrogen and oxygen atoms in total. The first-order valence-corrected chi connectivity index (χ1v) is 10.3. The highest BCUT2D eigenvalue weighted by molar-refractivity contribution is 5.65. The summed E-state index contributed by atoms with van der Waals surface area (Å²) in [4.78, 5) is 6.80. The Morgan fingerprint density at radius 1 is 0.968 bits per heavy atom. The van der Waals surface area contributed by atoms with Crippen LogP contribution in [0.3, 0.4) is 0 Å². The summed E-state index contributed by atoms with van der Waals surface area (Å²) >= 11 is 0. The monoisotopic (exact) mass is 416 g/mol. The number of methoxy groups -OCH3 is 1. The van der Waals surface area contributed by atoms with Crippen LogP contribution in [0.4, 0.5) is 11.6 Å². The Morgan fingerprint density at radius 3 is 2.45 bits per heavy atom. The molecule has 2 N–H and O–H groups in total. The molecule has 0 unspecified atom stereocenters. The summed E-state index contributed by atoms with van der Waals surface area (Å²) in [7, 11) is 5.82. The Kier molecular flexibility index (Phi) is 6.45. The quantitative estimate of drug-likeness (QED) is 0.405. The fourth-order valence-electron chi connectivity index (χ4n) is 3.31. The summed E-state index contributed by atoms with van der Waals surface area (Å²) < 4.78 is 7.11. The molecule has 0 atom stereocenters. The molecule has 0 saturated heterocycles. The molecule has 0 amide bonds. The molecular weight excluding hydrogens is 388 g/mol. The lowest BCUT2D eigenvalue weighted by Gasteiger charge is -2.10. The van der Waals surface area contributed by atoms with Crippen molar-refractivity contribution in [1.82, 2.24) is 24.8 Å². The molecule has 4 rings (SSSR count). The van der Waals surface area contributed by atoms with Gasteiger partial charge in [-0.25, -0.2) is 4.52 Å². The third-order valence-electron chi connectivity index (χ3n) is 5.02. The summed E-state index contributed by atoms with van der Waals surface area (Å²) in [5, 5.41) is 11.4. The van der Waals surface area contributed by atoms with Gasteiger partial charge in [0.2, 0.25) is 5.95 Å². The van der Waals surface area contributed by atoms with Crippen molar-refractivity contribution in [2.45, 2.75) is 6.54 Å². The first kappa shape index (κ1) is 20.8. The molecule has 0 bridgehead atoms. The number of aromatic nitrogens is 3. The van der Waals surface area contributed by atoms with Gasteiger partial charge < -0.3 is 20.3 Å². The molecule has 0 spiro atoms. The van der Waals surface area contributed by atoms with E-state index >= 15 is 0 Å². The molecule has 2 aromatic carbocycles. The SMILES string of the molecule is COc1ccc(-c2cccc3nc(Nc4ccc(CNCCN(C)C)cc4)nn23)cc1. The lowest BCUT2D eigenvalue weighted by atomic mass is 10.1. The summed E-state index contributed by atoms with van der Waals surface area (Å²) in [6, 6.07) is 22.2. The van der Waals surface area contributed by atoms with Gasteiger partial charge in [0.15, 0.2) is 5.65 Å². The highest BCUT2D eigenvalue weighted by Gasteiger charge is 2.09. The van der Waals surface area contributed by atoms with E-state index < -0.39 is 0 Å². The third kappa shape index (κ3) is 5.20. The van der Waals surface area contributed by atoms with Crippen LogP contribution in [0.1, 0.15) is 5.56 Å². The fraction of sp³-hybridized carbons (Fsp3) is 0.250. The maximum Gasteiger partial charge on any atom is 0.247 e. The molecule has 0 aliphatic carbocycles. The fourth-order valence-corrected chi connectivity index (χ4v) is 3.31. The van der Waals surface area contributed by atoms with Gasteiger partial charge in [0, 0.05) is 30.9 Å². The van der Waals surface area contributed by atoms with Crippen LogP contribution in [-0.2, 0) is 6.54 Å². The van der Waals surface area contributed by atoms with E-state index in [0.717, 1.165) is 48.0 Å². The molecule has 4 aromatic rings. The minimum Gasteiger partial charge on any atom is -0.497 e. The lowest BCUT2D eigenvalue weighted by molar-refractivity contribution is 0.400. The number of nitrogens with zero attached hydrogens (tertiary/aromatic N) is 4. The van der Waals surface area contributed by atoms with Crippen molar-refractivity contribution in [3.63, 3.8) is 0 Å². The normalized spacial score (nSPS) is 11.2. The molecule has 0 aliphatic rings. The van der Waals surface area contributed by atoms with E-state index in [2.05, 4.69) is 64.0 Å². The largest absolute Gasteiger partial charge is 0.497 e. The predicted molar refractivity (Wildman–Crippen MR) is 125 cm³/mol. The van der Waals surface area contributed by atoms with Gasteiger partial charge in [-0.3, -0.25) is 0 Å². The van der Waals surface area contributed by atoms with Crippen molar-refractivity contribution in [2.24, 2.45) is 0 Å². The molecule has 0 radical (unpaired) electrons. The molecule has 0 saturated carbocycles. The van der Waals surface area contributed by atoms with Crippen LogP contribution in [-0.4, -0.2) is 53.8 Å². The standard InChI is InChI=1S/C24H28N6O/c1-29(2)16-15-25-17-18-7-11-20(12-8-18)26-24-27-23-6-4-5-22(30(23)28-24)19-9-13-21(31-3)14-10-19/h4-14,25H,15-17H2,1-3H3,(H,26,28). The number of hydrogen-bond donors (Lipinski definition) is 2. The van der Waals surface area contributed by atoms with Crippen molar-refractivity contribution < 1.29 is 4.74 Å². The Bertz CT molecular complexity index is 1120. The van der Waals surface area contributed by atoms with Crippen molar-refractivity contribution in [3.8, 4) is 17.0 Å². The number of benzene rings is 2. The van der Waals surface area contributed by atoms with Crippen LogP contribution in [0.5, 0.6) is 5.75 Å². The average molecular weight is 417 g/mol. The number of likely N-dealkylation sites (N-methyl/N-ethyl adjacent to an activating group) is 1. The van der Waals surface area contributed by atoms with Crippen LogP contribution >= 0.6 is 0 Å². The lowest BCUT2D eigenvalue weighted by Crippen LogP contribution is -2.26. The van der Waals surface area contributed by atoms with E-state index in [-0.39, 0.29) is 0 Å². The van der Waals surface area contributed by atoms with Gasteiger partial charge in [0.05, 0.1) is 12.8 Å². The molecular formula is C24H28N6O. The number of anilines is 2. The third-order valence-corrected chi connectivity index (χ3v) is 5.02. The smallest absolute Gasteiger partial charge is 0.247 e. The molecule has 0 fully saturated rings. The van der Waals surface area contributed by atoms with Crippen molar-refractivity contribution in [1.29, 1.82) is 0 Å². The van der Waals surface area contributed by atoms with E-state index in [1.54, 1.807) is 7.11 Å². The van der Waals surface area contributed by atoms with Crippen LogP contribution in [0.15, 0.2) is 66.7 Å². The van der Waals surface area contributed by atoms with E-state index in [0.29, 0.717) is 5.95 Å². The molecule has 2 heterocycles. The summed E-state index contributed by atoms with van der Waals surface area (Å²) in [5.74, 6) is 1.39. The van der Waals surface area contributed by atoms with Gasteiger partial charge in [-0.1, -0.05) is 18.2 Å². The van der Waals surface area contributed by atoms with Gasteiger partial charge in [0.1, 0.15) is 5.75 Å². The van der Waals surface area contributed by atoms with Crippen molar-refractivity contribution >= 4 is 17.3 Å². The van der Waals surface area contributed by atoms with Crippen LogP contribution < -0.4 is 15.4 Å². The number of fused-ring (bicyclic) bond motifs is 1. The summed E-state index contributed by atoms with van der Waals surface area (Å²) in [5.41, 5.74) is 5.01. The number of hydrogen-bond acceptors (Lipinski definition) is 6. The Morgan fingerprint density at radius 2 is 1.74 bits per heavy atom. The zero-order chi connectivity index (χ0) is 21.6. The first-order chi connectivity index (χ1) is 15.1. The molecule has 2 aromatic heterocycles. The number of rotatable bonds is 9. The second kappa shape index (κ2) is 9.59. The van der Waals surface area contributed by atoms with Crippen LogP contribution in [0.25, 0.3) is 16.9 Å². The minimum atomic E-state index is 0.567. The number of pyridine rings is 1. The van der Waals surface area contributed by atoms with Crippen LogP contribution in [0, 0.1) is 0 Å². The van der Waals surface area contributed by atoms with E-state index in [1.807, 2.05) is 47.0 Å². The van der Waals surface area contributed by atoms with E-state index in [1.165, 1.54) is 5.56 Å². The van der Waals surface area contributed by atoms with Gasteiger partial charge in [-0.05, 0) is 68.2 Å². The number of ether oxygens (including phenoxy) is 1. The van der Waals surface area contributed by atoms with Gasteiger partial charge >= 0.3 is 0 Å². The molecule has 31 heavy (non-hydrogen) atoms. The first-order valence-electron chi connectivity index (χ1n) is 10.3. The second-order valence-corrected chi connectivity index (χ2v) is 7.65. The topological polar surface area (TPSA) is 66.7 Å². The maximum absolute atomic E-state index is 5.26. The van der Waals surface area contributed by atoms with E-state index in [4.69, 9.17) is 4.74 Å². The Balaban J connectivity index is 1.46. The molecule has 160 valence electrons. The molecule has 0 aliphatic heterocycles. The zero-order valence-electron chi connectivity index (χ0n) is 18.2. The highest BCUT2D eigenvalue weighted by Crippen LogP contribution is 2.24.